The first-order valence-electron chi connectivity index (χ1n) is 8.41. The Labute approximate surface area is 140 Å². The van der Waals surface area contributed by atoms with E-state index >= 15 is 0 Å². The van der Waals surface area contributed by atoms with E-state index in [1.165, 1.54) is 0 Å². The van der Waals surface area contributed by atoms with Crippen molar-refractivity contribution in [3.63, 3.8) is 0 Å². The predicted octanol–water partition coefficient (Wildman–Crippen LogP) is 2.84. The molecule has 0 aromatic carbocycles. The summed E-state index contributed by atoms with van der Waals surface area (Å²) in [6.45, 7) is 14.1. The van der Waals surface area contributed by atoms with Crippen LogP contribution in [0.5, 0.6) is 0 Å². The molecule has 5 nitrogen and oxygen atoms in total. The van der Waals surface area contributed by atoms with E-state index in [1.54, 1.807) is 7.11 Å². The first kappa shape index (κ1) is 19.7. The third-order valence-corrected chi connectivity index (χ3v) is 4.21. The largest absolute Gasteiger partial charge is 0.385 e. The van der Waals surface area contributed by atoms with Gasteiger partial charge in [0.1, 0.15) is 6.73 Å². The number of carbonyl (C=O) groups excluding carboxylic acids is 1. The van der Waals surface area contributed by atoms with Crippen LogP contribution in [-0.2, 0) is 14.3 Å². The number of ether oxygens (including phenoxy) is 2. The van der Waals surface area contributed by atoms with Crippen molar-refractivity contribution in [2.24, 2.45) is 0 Å². The van der Waals surface area contributed by atoms with E-state index in [9.17, 15) is 4.79 Å². The number of allylic oxidation sites excluding steroid dienone is 1. The summed E-state index contributed by atoms with van der Waals surface area (Å²) >= 11 is 0. The Hall–Kier alpha value is -1.33. The Morgan fingerprint density at radius 3 is 2.83 bits per heavy atom. The summed E-state index contributed by atoms with van der Waals surface area (Å²) < 4.78 is 11.1. The fourth-order valence-electron chi connectivity index (χ4n) is 2.33. The van der Waals surface area contributed by atoms with Crippen LogP contribution in [0.2, 0.25) is 0 Å². The van der Waals surface area contributed by atoms with Gasteiger partial charge in [0.05, 0.1) is 11.2 Å². The molecule has 0 saturated carbocycles. The zero-order valence-electron chi connectivity index (χ0n) is 15.3. The predicted molar refractivity (Wildman–Crippen MR) is 93.0 cm³/mol. The van der Waals surface area contributed by atoms with E-state index in [1.807, 2.05) is 26.8 Å². The summed E-state index contributed by atoms with van der Waals surface area (Å²) in [5, 5.41) is 3.01. The highest BCUT2D eigenvalue weighted by molar-refractivity contribution is 5.96. The monoisotopic (exact) mass is 324 g/mol. The Morgan fingerprint density at radius 1 is 1.52 bits per heavy atom. The number of rotatable bonds is 8. The molecule has 5 heteroatoms. The molecule has 1 aliphatic heterocycles. The van der Waals surface area contributed by atoms with E-state index in [-0.39, 0.29) is 11.9 Å². The van der Waals surface area contributed by atoms with Gasteiger partial charge in [-0.15, -0.1) is 0 Å². The second-order valence-electron chi connectivity index (χ2n) is 6.58. The number of hydrogen-bond donors (Lipinski definition) is 1. The molecule has 1 amide bonds. The number of nitrogens with zero attached hydrogens (tertiary/aromatic N) is 1. The quantitative estimate of drug-likeness (QED) is 0.698. The van der Waals surface area contributed by atoms with E-state index in [2.05, 4.69) is 23.7 Å². The summed E-state index contributed by atoms with van der Waals surface area (Å²) in [4.78, 5) is 14.6. The van der Waals surface area contributed by atoms with Crippen LogP contribution in [0.3, 0.4) is 0 Å². The van der Waals surface area contributed by atoms with Gasteiger partial charge in [0.25, 0.3) is 0 Å². The van der Waals surface area contributed by atoms with Gasteiger partial charge in [-0.25, -0.2) is 0 Å². The van der Waals surface area contributed by atoms with Gasteiger partial charge in [0.2, 0.25) is 5.91 Å². The minimum absolute atomic E-state index is 0.0771. The van der Waals surface area contributed by atoms with Crippen LogP contribution in [0.25, 0.3) is 0 Å². The lowest BCUT2D eigenvalue weighted by Crippen LogP contribution is -2.41. The van der Waals surface area contributed by atoms with Gasteiger partial charge < -0.3 is 19.7 Å². The molecule has 0 fully saturated rings. The van der Waals surface area contributed by atoms with Crippen molar-refractivity contribution in [1.29, 1.82) is 0 Å². The summed E-state index contributed by atoms with van der Waals surface area (Å²) in [6.07, 6.45) is 4.75. The van der Waals surface area contributed by atoms with Crippen molar-refractivity contribution in [3.05, 3.63) is 23.9 Å². The first-order chi connectivity index (χ1) is 10.8. The Morgan fingerprint density at radius 2 is 2.22 bits per heavy atom. The summed E-state index contributed by atoms with van der Waals surface area (Å²) in [5.74, 6) is -0.0771. The van der Waals surface area contributed by atoms with Gasteiger partial charge >= 0.3 is 0 Å². The van der Waals surface area contributed by atoms with Gasteiger partial charge in [0.15, 0.2) is 0 Å². The highest BCUT2D eigenvalue weighted by atomic mass is 16.5. The van der Waals surface area contributed by atoms with E-state index < -0.39 is 5.60 Å². The van der Waals surface area contributed by atoms with Crippen molar-refractivity contribution in [2.75, 3.05) is 27.0 Å². The molecule has 0 bridgehead atoms. The first-order valence-corrected chi connectivity index (χ1v) is 8.41. The van der Waals surface area contributed by atoms with Crippen LogP contribution in [0.15, 0.2) is 23.9 Å². The molecular formula is C18H32N2O3. The zero-order valence-corrected chi connectivity index (χ0v) is 15.3. The number of unbranched alkanes of at least 4 members (excludes halogenated alkanes) is 1. The van der Waals surface area contributed by atoms with Gasteiger partial charge in [0, 0.05) is 32.0 Å². The summed E-state index contributed by atoms with van der Waals surface area (Å²) in [6, 6.07) is 0.140. The normalized spacial score (nSPS) is 19.1. The van der Waals surface area contributed by atoms with Gasteiger partial charge in [-0.1, -0.05) is 13.5 Å². The molecule has 1 atom stereocenters. The number of methoxy groups -OCH3 is 1. The number of hydrogen-bond acceptors (Lipinski definition) is 4. The van der Waals surface area contributed by atoms with E-state index in [4.69, 9.17) is 9.47 Å². The molecule has 0 radical (unpaired) electrons. The lowest BCUT2D eigenvalue weighted by Gasteiger charge is -2.28. The smallest absolute Gasteiger partial charge is 0.250 e. The van der Waals surface area contributed by atoms with Gasteiger partial charge in [-0.05, 0) is 46.1 Å². The van der Waals surface area contributed by atoms with Crippen molar-refractivity contribution in [3.8, 4) is 0 Å². The maximum atomic E-state index is 12.6. The molecule has 1 unspecified atom stereocenters. The molecule has 0 saturated heterocycles. The van der Waals surface area contributed by atoms with Crippen LogP contribution >= 0.6 is 0 Å². The number of carbonyl (C=O) groups is 1. The molecule has 132 valence electrons. The lowest BCUT2D eigenvalue weighted by molar-refractivity contribution is -0.121. The van der Waals surface area contributed by atoms with E-state index in [0.717, 1.165) is 38.1 Å². The highest BCUT2D eigenvalue weighted by Crippen LogP contribution is 2.27. The average molecular weight is 324 g/mol. The van der Waals surface area contributed by atoms with Crippen LogP contribution in [0, 0.1) is 0 Å². The zero-order chi connectivity index (χ0) is 17.5. The van der Waals surface area contributed by atoms with E-state index in [0.29, 0.717) is 12.3 Å². The summed E-state index contributed by atoms with van der Waals surface area (Å²) in [7, 11) is 1.71. The fourth-order valence-corrected chi connectivity index (χ4v) is 2.33. The van der Waals surface area contributed by atoms with Gasteiger partial charge in [-0.2, -0.15) is 0 Å². The van der Waals surface area contributed by atoms with Crippen molar-refractivity contribution >= 4 is 5.91 Å². The van der Waals surface area contributed by atoms with Crippen molar-refractivity contribution in [1.82, 2.24) is 10.2 Å². The molecule has 0 aromatic heterocycles. The molecular weight excluding hydrogens is 292 g/mol. The summed E-state index contributed by atoms with van der Waals surface area (Å²) in [5.41, 5.74) is 0.811. The minimum Gasteiger partial charge on any atom is -0.385 e. The standard InChI is InChI=1S/C18H32N2O3/c1-7-14(2)19-17(21)16-12-15(3)20(10-8-9-11-22-6)13-23-18(16,4)5/h12,14H,3,7-11,13H2,1-2,4-6H3,(H,19,21). The number of nitrogens with one attached hydrogen (secondary N) is 1. The molecule has 0 spiro atoms. The SMILES string of the molecule is C=C1C=C(C(=O)NC(C)CC)C(C)(C)OCN1CCCCOC. The Balaban J connectivity index is 2.79. The van der Waals surface area contributed by atoms with Crippen LogP contribution in [-0.4, -0.2) is 49.4 Å². The molecule has 0 aromatic rings. The molecule has 1 N–H and O–H groups in total. The molecule has 1 heterocycles. The Kier molecular flexibility index (Phi) is 7.79. The topological polar surface area (TPSA) is 50.8 Å². The fraction of sp³-hybridized carbons (Fsp3) is 0.722. The van der Waals surface area contributed by atoms with Crippen molar-refractivity contribution < 1.29 is 14.3 Å². The lowest BCUT2D eigenvalue weighted by atomic mass is 9.95. The Bertz CT molecular complexity index is 444. The third-order valence-electron chi connectivity index (χ3n) is 4.21. The number of amides is 1. The molecule has 0 aliphatic carbocycles. The molecule has 1 rings (SSSR count). The maximum absolute atomic E-state index is 12.6. The van der Waals surface area contributed by atoms with Crippen LogP contribution in [0.4, 0.5) is 0 Å². The van der Waals surface area contributed by atoms with Crippen molar-refractivity contribution in [2.45, 2.75) is 58.6 Å². The van der Waals surface area contributed by atoms with Gasteiger partial charge in [-0.3, -0.25) is 4.79 Å². The van der Waals surface area contributed by atoms with Crippen LogP contribution < -0.4 is 5.32 Å². The second kappa shape index (κ2) is 9.08. The second-order valence-corrected chi connectivity index (χ2v) is 6.58. The van der Waals surface area contributed by atoms with Crippen LogP contribution in [0.1, 0.15) is 47.0 Å². The molecule has 23 heavy (non-hydrogen) atoms. The third kappa shape index (κ3) is 5.99. The maximum Gasteiger partial charge on any atom is 0.250 e. The average Bonchev–Trinajstić information content (AvgIpc) is 2.61. The minimum atomic E-state index is -0.637. The molecule has 1 aliphatic rings. The highest BCUT2D eigenvalue weighted by Gasteiger charge is 2.33.